The summed E-state index contributed by atoms with van der Waals surface area (Å²) in [4.78, 5) is 33.0. The second kappa shape index (κ2) is 7.49. The average Bonchev–Trinajstić information content (AvgIpc) is 2.59. The summed E-state index contributed by atoms with van der Waals surface area (Å²) in [5.74, 6) is -1.42. The second-order valence-electron chi connectivity index (χ2n) is 5.27. The normalized spacial score (nSPS) is 11.7. The molecular weight excluding hydrogens is 294 g/mol. The summed E-state index contributed by atoms with van der Waals surface area (Å²) in [6.45, 7) is 4.45. The molecular formula is C17H19N3O3. The van der Waals surface area contributed by atoms with Gasteiger partial charge in [-0.25, -0.2) is 14.8 Å². The zero-order chi connectivity index (χ0) is 16.8. The fourth-order valence-corrected chi connectivity index (χ4v) is 2.12. The van der Waals surface area contributed by atoms with Crippen molar-refractivity contribution >= 4 is 11.9 Å². The van der Waals surface area contributed by atoms with Gasteiger partial charge in [0, 0.05) is 12.6 Å². The van der Waals surface area contributed by atoms with E-state index in [-0.39, 0.29) is 23.3 Å². The number of hydrogen-bond donors (Lipinski definition) is 1. The lowest BCUT2D eigenvalue weighted by Crippen LogP contribution is -2.38. The van der Waals surface area contributed by atoms with Gasteiger partial charge < -0.3 is 10.0 Å². The number of carboxylic acids is 1. The number of benzene rings is 1. The first-order chi connectivity index (χ1) is 11.0. The van der Waals surface area contributed by atoms with Gasteiger partial charge in [-0.3, -0.25) is 4.79 Å². The minimum absolute atomic E-state index is 0.0312. The third-order valence-corrected chi connectivity index (χ3v) is 3.67. The first kappa shape index (κ1) is 16.6. The van der Waals surface area contributed by atoms with E-state index >= 15 is 0 Å². The Bertz CT molecular complexity index is 671. The number of hydrogen-bond acceptors (Lipinski definition) is 4. The number of carbonyl (C=O) groups is 2. The van der Waals surface area contributed by atoms with Crippen LogP contribution in [0.4, 0.5) is 0 Å². The van der Waals surface area contributed by atoms with E-state index in [2.05, 4.69) is 9.97 Å². The van der Waals surface area contributed by atoms with Gasteiger partial charge in [0.25, 0.3) is 5.91 Å². The molecule has 1 amide bonds. The third-order valence-electron chi connectivity index (χ3n) is 3.67. The van der Waals surface area contributed by atoms with Crippen molar-refractivity contribution in [2.45, 2.75) is 32.9 Å². The van der Waals surface area contributed by atoms with Crippen molar-refractivity contribution in [1.29, 1.82) is 0 Å². The number of carboxylic acid groups (broad SMARTS) is 1. The highest BCUT2D eigenvalue weighted by atomic mass is 16.4. The quantitative estimate of drug-likeness (QED) is 0.886. The van der Waals surface area contributed by atoms with Gasteiger partial charge >= 0.3 is 5.97 Å². The summed E-state index contributed by atoms with van der Waals surface area (Å²) in [6, 6.07) is 9.73. The fraction of sp³-hybridized carbons (Fsp3) is 0.294. The van der Waals surface area contributed by atoms with Crippen LogP contribution < -0.4 is 0 Å². The lowest BCUT2D eigenvalue weighted by Gasteiger charge is -2.28. The number of aromatic nitrogens is 2. The van der Waals surface area contributed by atoms with Gasteiger partial charge in [-0.1, -0.05) is 37.3 Å². The van der Waals surface area contributed by atoms with Crippen molar-refractivity contribution in [3.05, 3.63) is 59.7 Å². The Kier molecular flexibility index (Phi) is 5.41. The summed E-state index contributed by atoms with van der Waals surface area (Å²) in [6.07, 6.45) is 3.12. The minimum atomic E-state index is -1.17. The molecule has 0 fully saturated rings. The number of aromatic carboxylic acids is 1. The summed E-state index contributed by atoms with van der Waals surface area (Å²) in [5.41, 5.74) is 0.988. The molecule has 0 saturated carbocycles. The zero-order valence-corrected chi connectivity index (χ0v) is 13.1. The molecule has 1 unspecified atom stereocenters. The van der Waals surface area contributed by atoms with Gasteiger partial charge in [0.2, 0.25) is 0 Å². The van der Waals surface area contributed by atoms with Gasteiger partial charge in [0.1, 0.15) is 5.69 Å². The molecule has 1 aromatic heterocycles. The van der Waals surface area contributed by atoms with Gasteiger partial charge in [-0.15, -0.1) is 0 Å². The third kappa shape index (κ3) is 4.12. The Hall–Kier alpha value is -2.76. The molecule has 0 aliphatic rings. The van der Waals surface area contributed by atoms with Crippen LogP contribution in [0.5, 0.6) is 0 Å². The SMILES string of the molecule is CCC(C)N(Cc1ccccc1)C(=O)c1cnc(C(=O)O)cn1. The molecule has 0 saturated heterocycles. The number of nitrogens with zero attached hydrogens (tertiary/aromatic N) is 3. The molecule has 120 valence electrons. The smallest absolute Gasteiger partial charge is 0.356 e. The number of amides is 1. The predicted molar refractivity (Wildman–Crippen MR) is 85.1 cm³/mol. The van der Waals surface area contributed by atoms with Crippen LogP contribution in [0, 0.1) is 0 Å². The van der Waals surface area contributed by atoms with E-state index in [9.17, 15) is 9.59 Å². The van der Waals surface area contributed by atoms with E-state index in [4.69, 9.17) is 5.11 Å². The maximum absolute atomic E-state index is 12.7. The molecule has 1 atom stereocenters. The summed E-state index contributed by atoms with van der Waals surface area (Å²) in [5, 5.41) is 8.85. The molecule has 6 heteroatoms. The van der Waals surface area contributed by atoms with Crippen molar-refractivity contribution < 1.29 is 14.7 Å². The maximum Gasteiger partial charge on any atom is 0.356 e. The predicted octanol–water partition coefficient (Wildman–Crippen LogP) is 2.62. The van der Waals surface area contributed by atoms with E-state index in [0.717, 1.165) is 18.2 Å². The van der Waals surface area contributed by atoms with Crippen LogP contribution in [0.1, 0.15) is 46.8 Å². The van der Waals surface area contributed by atoms with Crippen LogP contribution in [0.2, 0.25) is 0 Å². The summed E-state index contributed by atoms with van der Waals surface area (Å²) < 4.78 is 0. The lowest BCUT2D eigenvalue weighted by molar-refractivity contribution is 0.0656. The van der Waals surface area contributed by atoms with Crippen LogP contribution >= 0.6 is 0 Å². The Balaban J connectivity index is 2.24. The van der Waals surface area contributed by atoms with E-state index < -0.39 is 5.97 Å². The first-order valence-electron chi connectivity index (χ1n) is 7.43. The van der Waals surface area contributed by atoms with E-state index in [1.54, 1.807) is 4.90 Å². The van der Waals surface area contributed by atoms with Crippen LogP contribution in [0.3, 0.4) is 0 Å². The largest absolute Gasteiger partial charge is 0.476 e. The average molecular weight is 313 g/mol. The van der Waals surface area contributed by atoms with Gasteiger partial charge in [-0.2, -0.15) is 0 Å². The fourth-order valence-electron chi connectivity index (χ4n) is 2.12. The Morgan fingerprint density at radius 2 is 1.74 bits per heavy atom. The Labute approximate surface area is 134 Å². The molecule has 0 bridgehead atoms. The van der Waals surface area contributed by atoms with Gasteiger partial charge in [0.05, 0.1) is 12.4 Å². The number of carbonyl (C=O) groups excluding carboxylic acids is 1. The molecule has 0 radical (unpaired) electrons. The van der Waals surface area contributed by atoms with E-state index in [1.165, 1.54) is 6.20 Å². The molecule has 0 aliphatic heterocycles. The molecule has 0 aliphatic carbocycles. The van der Waals surface area contributed by atoms with Gasteiger partial charge in [-0.05, 0) is 18.9 Å². The molecule has 23 heavy (non-hydrogen) atoms. The van der Waals surface area contributed by atoms with Crippen molar-refractivity contribution in [2.24, 2.45) is 0 Å². The van der Waals surface area contributed by atoms with Crippen molar-refractivity contribution in [3.8, 4) is 0 Å². The van der Waals surface area contributed by atoms with Crippen molar-refractivity contribution in [2.75, 3.05) is 0 Å². The van der Waals surface area contributed by atoms with Crippen LogP contribution in [0.25, 0.3) is 0 Å². The highest BCUT2D eigenvalue weighted by Gasteiger charge is 2.22. The van der Waals surface area contributed by atoms with Crippen LogP contribution in [0.15, 0.2) is 42.7 Å². The molecule has 2 aromatic rings. The summed E-state index contributed by atoms with van der Waals surface area (Å²) >= 11 is 0. The Morgan fingerprint density at radius 1 is 1.13 bits per heavy atom. The molecule has 0 spiro atoms. The molecule has 1 heterocycles. The monoisotopic (exact) mass is 313 g/mol. The van der Waals surface area contributed by atoms with E-state index in [1.807, 2.05) is 44.2 Å². The standard InChI is InChI=1S/C17H19N3O3/c1-3-12(2)20(11-13-7-5-4-6-8-13)16(21)14-9-19-15(10-18-14)17(22)23/h4-10,12H,3,11H2,1-2H3,(H,22,23). The minimum Gasteiger partial charge on any atom is -0.476 e. The van der Waals surface area contributed by atoms with Gasteiger partial charge in [0.15, 0.2) is 5.69 Å². The summed E-state index contributed by atoms with van der Waals surface area (Å²) in [7, 11) is 0. The molecule has 6 nitrogen and oxygen atoms in total. The second-order valence-corrected chi connectivity index (χ2v) is 5.27. The topological polar surface area (TPSA) is 83.4 Å². The molecule has 1 aromatic carbocycles. The Morgan fingerprint density at radius 3 is 2.26 bits per heavy atom. The van der Waals surface area contributed by atoms with Crippen LogP contribution in [-0.2, 0) is 6.54 Å². The van der Waals surface area contributed by atoms with E-state index in [0.29, 0.717) is 6.54 Å². The first-order valence-corrected chi connectivity index (χ1v) is 7.43. The zero-order valence-electron chi connectivity index (χ0n) is 13.1. The number of rotatable bonds is 6. The highest BCUT2D eigenvalue weighted by Crippen LogP contribution is 2.14. The van der Waals surface area contributed by atoms with Crippen molar-refractivity contribution in [1.82, 2.24) is 14.9 Å². The lowest BCUT2D eigenvalue weighted by atomic mass is 10.1. The van der Waals surface area contributed by atoms with Crippen molar-refractivity contribution in [3.63, 3.8) is 0 Å². The highest BCUT2D eigenvalue weighted by molar-refractivity contribution is 5.93. The van der Waals surface area contributed by atoms with Crippen LogP contribution in [-0.4, -0.2) is 37.9 Å². The molecule has 2 rings (SSSR count). The molecule has 1 N–H and O–H groups in total. The maximum atomic E-state index is 12.7.